The molecule has 0 radical (unpaired) electrons. The minimum atomic E-state index is -0.802. The summed E-state index contributed by atoms with van der Waals surface area (Å²) in [5.74, 6) is -0.153. The van der Waals surface area contributed by atoms with Crippen LogP contribution in [0.3, 0.4) is 0 Å². The number of ether oxygens (including phenoxy) is 1. The zero-order valence-corrected chi connectivity index (χ0v) is 20.9. The number of carbonyl (C=O) groups excluding carboxylic acids is 1. The number of hydrogen-bond acceptors (Lipinski definition) is 4. The first kappa shape index (κ1) is 24.0. The molecule has 1 saturated carbocycles. The molecule has 3 aromatic rings. The molecule has 34 heavy (non-hydrogen) atoms. The second-order valence-electron chi connectivity index (χ2n) is 11.3. The molecule has 1 fully saturated rings. The molecule has 1 aliphatic rings. The number of fused-ring (bicyclic) bond motifs is 1. The van der Waals surface area contributed by atoms with Crippen LogP contribution in [-0.4, -0.2) is 21.6 Å². The zero-order chi connectivity index (χ0) is 24.8. The second-order valence-corrected chi connectivity index (χ2v) is 11.3. The molecule has 6 nitrogen and oxygen atoms in total. The first-order valence-corrected chi connectivity index (χ1v) is 11.9. The van der Waals surface area contributed by atoms with Crippen LogP contribution in [0.5, 0.6) is 5.75 Å². The van der Waals surface area contributed by atoms with Crippen molar-refractivity contribution < 1.29 is 13.9 Å². The lowest BCUT2D eigenvalue weighted by Crippen LogP contribution is -2.35. The third kappa shape index (κ3) is 4.88. The van der Waals surface area contributed by atoms with Crippen LogP contribution in [0.15, 0.2) is 36.4 Å². The summed E-state index contributed by atoms with van der Waals surface area (Å²) in [4.78, 5) is 16.4. The third-order valence-electron chi connectivity index (χ3n) is 6.45. The van der Waals surface area contributed by atoms with Gasteiger partial charge in [0.05, 0.1) is 17.2 Å². The molecule has 3 N–H and O–H groups in total. The number of nitrogens with zero attached hydrogens (tertiary/aromatic N) is 2. The number of hydrogen-bond donors (Lipinski definition) is 2. The van der Waals surface area contributed by atoms with Crippen molar-refractivity contribution in [2.75, 3.05) is 5.32 Å². The molecule has 0 unspecified atom stereocenters. The molecule has 2 aromatic carbocycles. The molecule has 0 atom stereocenters. The van der Waals surface area contributed by atoms with Crippen molar-refractivity contribution in [3.63, 3.8) is 0 Å². The molecule has 1 amide bonds. The predicted octanol–water partition coefficient (Wildman–Crippen LogP) is 6.58. The lowest BCUT2D eigenvalue weighted by atomic mass is 9.63. The Labute approximate surface area is 200 Å². The van der Waals surface area contributed by atoms with Gasteiger partial charge in [0.1, 0.15) is 11.3 Å². The van der Waals surface area contributed by atoms with Gasteiger partial charge in [-0.05, 0) is 80.3 Å². The van der Waals surface area contributed by atoms with Crippen molar-refractivity contribution in [1.82, 2.24) is 9.55 Å². The van der Waals surface area contributed by atoms with Gasteiger partial charge in [0.25, 0.3) is 5.91 Å². The molecule has 0 spiro atoms. The molecular weight excluding hydrogens is 431 g/mol. The van der Waals surface area contributed by atoms with E-state index < -0.39 is 11.7 Å². The van der Waals surface area contributed by atoms with Crippen LogP contribution in [0.25, 0.3) is 11.0 Å². The van der Waals surface area contributed by atoms with Crippen molar-refractivity contribution in [2.45, 2.75) is 73.0 Å². The number of amides is 1. The summed E-state index contributed by atoms with van der Waals surface area (Å²) in [6, 6.07) is 11.0. The number of primary amides is 1. The van der Waals surface area contributed by atoms with Gasteiger partial charge in [-0.2, -0.15) is 0 Å². The number of benzene rings is 2. The normalized spacial score (nSPS) is 17.8. The van der Waals surface area contributed by atoms with Gasteiger partial charge in [-0.25, -0.2) is 9.37 Å². The Morgan fingerprint density at radius 2 is 1.74 bits per heavy atom. The Morgan fingerprint density at radius 1 is 1.12 bits per heavy atom. The number of rotatable bonds is 6. The molecule has 0 saturated heterocycles. The van der Waals surface area contributed by atoms with Crippen LogP contribution in [0.2, 0.25) is 0 Å². The van der Waals surface area contributed by atoms with Crippen LogP contribution in [0.1, 0.15) is 77.2 Å². The molecule has 182 valence electrons. The van der Waals surface area contributed by atoms with Gasteiger partial charge in [0, 0.05) is 11.7 Å². The summed E-state index contributed by atoms with van der Waals surface area (Å²) in [5.41, 5.74) is 7.12. The van der Waals surface area contributed by atoms with E-state index in [0.717, 1.165) is 30.7 Å². The smallest absolute Gasteiger partial charge is 0.251 e. The van der Waals surface area contributed by atoms with Gasteiger partial charge in [-0.15, -0.1) is 0 Å². The van der Waals surface area contributed by atoms with Gasteiger partial charge in [0.2, 0.25) is 5.95 Å². The van der Waals surface area contributed by atoms with Gasteiger partial charge in [-0.3, -0.25) is 4.79 Å². The molecule has 0 bridgehead atoms. The summed E-state index contributed by atoms with van der Waals surface area (Å²) < 4.78 is 23.1. The van der Waals surface area contributed by atoms with Crippen molar-refractivity contribution >= 4 is 28.6 Å². The highest BCUT2D eigenvalue weighted by molar-refractivity contribution is 5.97. The van der Waals surface area contributed by atoms with E-state index in [1.165, 1.54) is 6.07 Å². The second kappa shape index (κ2) is 8.60. The fraction of sp³-hybridized carbons (Fsp3) is 0.481. The van der Waals surface area contributed by atoms with E-state index in [0.29, 0.717) is 11.5 Å². The highest BCUT2D eigenvalue weighted by Gasteiger charge is 2.40. The molecule has 1 aliphatic carbocycles. The SMILES string of the molecule is CC(C)Oc1ccc(Nc2nc3c(F)c(C(N)=O)ccc3n2C2CC(C)(C)CC(C)(C)C2)cc1. The van der Waals surface area contributed by atoms with Crippen molar-refractivity contribution in [3.8, 4) is 5.75 Å². The van der Waals surface area contributed by atoms with E-state index in [1.807, 2.05) is 38.1 Å². The Balaban J connectivity index is 1.81. The lowest BCUT2D eigenvalue weighted by molar-refractivity contribution is 0.0746. The van der Waals surface area contributed by atoms with Gasteiger partial charge < -0.3 is 20.4 Å². The Kier molecular flexibility index (Phi) is 6.08. The van der Waals surface area contributed by atoms with Crippen LogP contribution < -0.4 is 15.8 Å². The molecule has 7 heteroatoms. The Bertz CT molecular complexity index is 1200. The zero-order valence-electron chi connectivity index (χ0n) is 20.9. The summed E-state index contributed by atoms with van der Waals surface area (Å²) in [5, 5.41) is 3.38. The highest BCUT2D eigenvalue weighted by atomic mass is 19.1. The minimum absolute atomic E-state index is 0.0865. The molecule has 4 rings (SSSR count). The van der Waals surface area contributed by atoms with Crippen LogP contribution in [-0.2, 0) is 0 Å². The number of carbonyl (C=O) groups is 1. The summed E-state index contributed by atoms with van der Waals surface area (Å²) >= 11 is 0. The van der Waals surface area contributed by atoms with Crippen LogP contribution in [0.4, 0.5) is 16.0 Å². The van der Waals surface area contributed by atoms with E-state index >= 15 is 4.39 Å². The predicted molar refractivity (Wildman–Crippen MR) is 134 cm³/mol. The van der Waals surface area contributed by atoms with Crippen molar-refractivity contribution in [1.29, 1.82) is 0 Å². The molecule has 0 aliphatic heterocycles. The van der Waals surface area contributed by atoms with E-state index in [1.54, 1.807) is 6.07 Å². The minimum Gasteiger partial charge on any atom is -0.491 e. The quantitative estimate of drug-likeness (QED) is 0.430. The summed E-state index contributed by atoms with van der Waals surface area (Å²) in [6.07, 6.45) is 3.08. The van der Waals surface area contributed by atoms with Crippen LogP contribution in [0, 0.1) is 16.6 Å². The standard InChI is InChI=1S/C27H35FN4O2/c1-16(2)34-19-9-7-17(8-10-19)30-25-31-23-21(12-11-20(22(23)28)24(29)33)32(25)18-13-26(3,4)15-27(5,6)14-18/h7-12,16,18H,13-15H2,1-6H3,(H2,29,33)(H,30,31). The van der Waals surface area contributed by atoms with Crippen molar-refractivity contribution in [2.24, 2.45) is 16.6 Å². The maximum absolute atomic E-state index is 15.3. The average Bonchev–Trinajstić information content (AvgIpc) is 3.05. The lowest BCUT2D eigenvalue weighted by Gasteiger charge is -2.45. The fourth-order valence-electron chi connectivity index (χ4n) is 5.77. The summed E-state index contributed by atoms with van der Waals surface area (Å²) in [6.45, 7) is 13.1. The van der Waals surface area contributed by atoms with E-state index in [-0.39, 0.29) is 34.1 Å². The molecule has 1 aromatic heterocycles. The fourth-order valence-corrected chi connectivity index (χ4v) is 5.77. The summed E-state index contributed by atoms with van der Waals surface area (Å²) in [7, 11) is 0. The Morgan fingerprint density at radius 3 is 2.29 bits per heavy atom. The molecular formula is C27H35FN4O2. The molecule has 1 heterocycles. The third-order valence-corrected chi connectivity index (χ3v) is 6.45. The number of nitrogens with two attached hydrogens (primary N) is 1. The van der Waals surface area contributed by atoms with E-state index in [2.05, 4.69) is 42.6 Å². The maximum atomic E-state index is 15.3. The highest BCUT2D eigenvalue weighted by Crippen LogP contribution is 2.51. The Hall–Kier alpha value is -3.09. The first-order chi connectivity index (χ1) is 15.8. The number of nitrogens with one attached hydrogen (secondary N) is 1. The van der Waals surface area contributed by atoms with E-state index in [9.17, 15) is 4.79 Å². The first-order valence-electron chi connectivity index (χ1n) is 11.9. The monoisotopic (exact) mass is 466 g/mol. The number of halogens is 1. The van der Waals surface area contributed by atoms with Gasteiger partial charge in [-0.1, -0.05) is 27.7 Å². The number of aromatic nitrogens is 2. The average molecular weight is 467 g/mol. The number of anilines is 2. The van der Waals surface area contributed by atoms with E-state index in [4.69, 9.17) is 10.5 Å². The largest absolute Gasteiger partial charge is 0.491 e. The maximum Gasteiger partial charge on any atom is 0.251 e. The van der Waals surface area contributed by atoms with Gasteiger partial charge >= 0.3 is 0 Å². The number of imidazole rings is 1. The van der Waals surface area contributed by atoms with Crippen molar-refractivity contribution in [3.05, 3.63) is 47.8 Å². The van der Waals surface area contributed by atoms with Gasteiger partial charge in [0.15, 0.2) is 5.82 Å². The topological polar surface area (TPSA) is 82.2 Å². The van der Waals surface area contributed by atoms with Crippen LogP contribution >= 0.6 is 0 Å².